The Morgan fingerprint density at radius 3 is 1.33 bits per heavy atom. The van der Waals surface area contributed by atoms with Crippen LogP contribution in [-0.4, -0.2) is 62.9 Å². The molecule has 0 fully saturated rings. The van der Waals surface area contributed by atoms with E-state index in [4.69, 9.17) is 55.9 Å². The van der Waals surface area contributed by atoms with Crippen LogP contribution in [0, 0.1) is 0 Å². The standard InChI is InChI=1S/2C8H6Cl2O3.Ca/c2*9-5-1-2-7(6(10)3-5)13-4-8(11)12;/h2*1-3H,4H2,(H,11,12);/q;;+2/p-2. The first-order valence-corrected chi connectivity index (χ1v) is 8.25. The van der Waals surface area contributed by atoms with E-state index >= 15 is 0 Å². The topological polar surface area (TPSA) is 98.7 Å². The first-order valence-electron chi connectivity index (χ1n) is 6.74. The molecule has 0 heterocycles. The number of aliphatic carboxylic acids is 2. The molecule has 27 heavy (non-hydrogen) atoms. The number of hydrogen-bond donors (Lipinski definition) is 0. The van der Waals surface area contributed by atoms with Gasteiger partial charge in [0, 0.05) is 10.0 Å². The summed E-state index contributed by atoms with van der Waals surface area (Å²) >= 11 is 22.6. The molecule has 0 aliphatic carbocycles. The molecule has 11 heteroatoms. The van der Waals surface area contributed by atoms with Crippen LogP contribution in [0.4, 0.5) is 0 Å². The minimum absolute atomic E-state index is 0. The van der Waals surface area contributed by atoms with E-state index in [0.29, 0.717) is 10.0 Å². The average molecular weight is 480 g/mol. The van der Waals surface area contributed by atoms with E-state index in [2.05, 4.69) is 0 Å². The number of ether oxygens (including phenoxy) is 2. The van der Waals surface area contributed by atoms with Gasteiger partial charge in [-0.3, -0.25) is 0 Å². The number of carbonyl (C=O) groups is 2. The van der Waals surface area contributed by atoms with Crippen LogP contribution >= 0.6 is 46.4 Å². The molecule has 0 aliphatic heterocycles. The Balaban J connectivity index is 0.000000483. The fourth-order valence-electron chi connectivity index (χ4n) is 1.46. The summed E-state index contributed by atoms with van der Waals surface area (Å²) in [7, 11) is 0. The second-order valence-electron chi connectivity index (χ2n) is 4.47. The number of benzene rings is 2. The largest absolute Gasteiger partial charge is 2.00 e. The number of hydrogen-bond acceptors (Lipinski definition) is 6. The molecule has 0 unspecified atom stereocenters. The van der Waals surface area contributed by atoms with E-state index in [1.807, 2.05) is 0 Å². The Kier molecular flexibility index (Phi) is 13.3. The molecule has 0 atom stereocenters. The van der Waals surface area contributed by atoms with Gasteiger partial charge in [0.15, 0.2) is 0 Å². The van der Waals surface area contributed by atoms with Gasteiger partial charge in [-0.1, -0.05) is 46.4 Å². The first-order chi connectivity index (χ1) is 12.2. The van der Waals surface area contributed by atoms with Gasteiger partial charge in [-0.15, -0.1) is 0 Å². The summed E-state index contributed by atoms with van der Waals surface area (Å²) in [5.74, 6) is -2.05. The van der Waals surface area contributed by atoms with Crippen LogP contribution < -0.4 is 19.7 Å². The molecule has 0 N–H and O–H groups in total. The number of carbonyl (C=O) groups excluding carboxylic acids is 2. The summed E-state index contributed by atoms with van der Waals surface area (Å²) in [6, 6.07) is 9.03. The number of carboxylic acid groups (broad SMARTS) is 2. The molecule has 2 aromatic carbocycles. The molecular weight excluding hydrogens is 470 g/mol. The Hall–Kier alpha value is -0.600. The minimum Gasteiger partial charge on any atom is -0.546 e. The second kappa shape index (κ2) is 13.6. The molecule has 0 radical (unpaired) electrons. The third-order valence-electron chi connectivity index (χ3n) is 2.48. The zero-order valence-corrected chi connectivity index (χ0v) is 18.8. The predicted octanol–water partition coefficient (Wildman–Crippen LogP) is 1.86. The number of carboxylic acids is 2. The zero-order chi connectivity index (χ0) is 19.7. The van der Waals surface area contributed by atoms with Crippen molar-refractivity contribution >= 4 is 96.1 Å². The van der Waals surface area contributed by atoms with E-state index in [9.17, 15) is 19.8 Å². The average Bonchev–Trinajstić information content (AvgIpc) is 2.53. The van der Waals surface area contributed by atoms with Crippen LogP contribution in [0.2, 0.25) is 20.1 Å². The van der Waals surface area contributed by atoms with Crippen LogP contribution in [0.1, 0.15) is 0 Å². The monoisotopic (exact) mass is 478 g/mol. The molecule has 0 saturated heterocycles. The molecule has 0 aromatic heterocycles. The summed E-state index contributed by atoms with van der Waals surface area (Å²) in [5.41, 5.74) is 0. The summed E-state index contributed by atoms with van der Waals surface area (Å²) in [5, 5.41) is 21.6. The van der Waals surface area contributed by atoms with E-state index in [1.54, 1.807) is 12.1 Å². The maximum absolute atomic E-state index is 10.0. The Morgan fingerprint density at radius 1 is 0.741 bits per heavy atom. The second-order valence-corrected chi connectivity index (χ2v) is 6.16. The molecule has 2 rings (SSSR count). The number of halogens is 4. The first kappa shape index (κ1) is 26.4. The van der Waals surface area contributed by atoms with Gasteiger partial charge >= 0.3 is 37.7 Å². The predicted molar refractivity (Wildman–Crippen MR) is 99.7 cm³/mol. The van der Waals surface area contributed by atoms with Crippen LogP contribution in [0.15, 0.2) is 36.4 Å². The normalized spacial score (nSPS) is 9.33. The van der Waals surface area contributed by atoms with E-state index < -0.39 is 25.2 Å². The van der Waals surface area contributed by atoms with E-state index in [-0.39, 0.29) is 59.3 Å². The smallest absolute Gasteiger partial charge is 0.546 e. The summed E-state index contributed by atoms with van der Waals surface area (Å²) in [4.78, 5) is 20.1. The van der Waals surface area contributed by atoms with Crippen molar-refractivity contribution in [2.24, 2.45) is 0 Å². The van der Waals surface area contributed by atoms with Gasteiger partial charge in [0.05, 0.1) is 22.0 Å². The SMILES string of the molecule is O=C([O-])COc1ccc(Cl)cc1Cl.O=C([O-])COc1ccc(Cl)cc1Cl.[Ca+2]. The fourth-order valence-corrected chi connectivity index (χ4v) is 2.38. The van der Waals surface area contributed by atoms with Crippen LogP contribution in [0.5, 0.6) is 11.5 Å². The molecule has 6 nitrogen and oxygen atoms in total. The van der Waals surface area contributed by atoms with Gasteiger partial charge in [-0.25, -0.2) is 0 Å². The van der Waals surface area contributed by atoms with Crippen molar-refractivity contribution in [1.82, 2.24) is 0 Å². The van der Waals surface area contributed by atoms with Crippen molar-refractivity contribution in [2.75, 3.05) is 13.2 Å². The van der Waals surface area contributed by atoms with E-state index in [1.165, 1.54) is 24.3 Å². The molecule has 0 spiro atoms. The van der Waals surface area contributed by atoms with Gasteiger partial charge < -0.3 is 29.3 Å². The maximum Gasteiger partial charge on any atom is 2.00 e. The summed E-state index contributed by atoms with van der Waals surface area (Å²) < 4.78 is 9.60. The Morgan fingerprint density at radius 2 is 1.07 bits per heavy atom. The third kappa shape index (κ3) is 11.1. The van der Waals surface area contributed by atoms with Gasteiger partial charge in [-0.2, -0.15) is 0 Å². The van der Waals surface area contributed by atoms with Crippen molar-refractivity contribution in [1.29, 1.82) is 0 Å². The number of rotatable bonds is 6. The van der Waals surface area contributed by atoms with Crippen molar-refractivity contribution in [3.8, 4) is 11.5 Å². The molecule has 0 aliphatic rings. The van der Waals surface area contributed by atoms with Crippen molar-refractivity contribution in [3.63, 3.8) is 0 Å². The van der Waals surface area contributed by atoms with E-state index in [0.717, 1.165) is 0 Å². The van der Waals surface area contributed by atoms with Gasteiger partial charge in [-0.05, 0) is 36.4 Å². The Labute approximate surface area is 204 Å². The molecular formula is C16H10CaCl4O6. The van der Waals surface area contributed by atoms with Crippen LogP contribution in [0.25, 0.3) is 0 Å². The van der Waals surface area contributed by atoms with Crippen molar-refractivity contribution < 1.29 is 29.3 Å². The molecule has 0 saturated carbocycles. The zero-order valence-electron chi connectivity index (χ0n) is 13.5. The van der Waals surface area contributed by atoms with Crippen LogP contribution in [-0.2, 0) is 9.59 Å². The van der Waals surface area contributed by atoms with Gasteiger partial charge in [0.1, 0.15) is 24.7 Å². The van der Waals surface area contributed by atoms with Gasteiger partial charge in [0.2, 0.25) is 0 Å². The third-order valence-corrected chi connectivity index (χ3v) is 3.54. The summed E-state index contributed by atoms with van der Waals surface area (Å²) in [6.07, 6.45) is 0. The summed E-state index contributed by atoms with van der Waals surface area (Å²) in [6.45, 7) is -1.05. The molecule has 0 amide bonds. The van der Waals surface area contributed by atoms with Crippen LogP contribution in [0.3, 0.4) is 0 Å². The van der Waals surface area contributed by atoms with Gasteiger partial charge in [0.25, 0.3) is 0 Å². The maximum atomic E-state index is 10.0. The quantitative estimate of drug-likeness (QED) is 0.586. The van der Waals surface area contributed by atoms with Crippen molar-refractivity contribution in [3.05, 3.63) is 56.5 Å². The van der Waals surface area contributed by atoms with Crippen molar-refractivity contribution in [2.45, 2.75) is 0 Å². The molecule has 140 valence electrons. The minimum atomic E-state index is -1.30. The molecule has 2 aromatic rings. The fraction of sp³-hybridized carbons (Fsp3) is 0.125. The Bertz CT molecular complexity index is 722. The molecule has 0 bridgehead atoms.